The average Bonchev–Trinajstić information content (AvgIpc) is 3.03. The third-order valence-electron chi connectivity index (χ3n) is 4.46. The van der Waals surface area contributed by atoms with Crippen LogP contribution in [0.15, 0.2) is 41.1 Å². The van der Waals surface area contributed by atoms with Crippen LogP contribution in [0.1, 0.15) is 37.2 Å². The SMILES string of the molecule is CC1(C)CCCN(C(=O)c2ocnc2-c2ccccc2)C1C#N. The van der Waals surface area contributed by atoms with Gasteiger partial charge in [0, 0.05) is 12.1 Å². The van der Waals surface area contributed by atoms with Crippen molar-refractivity contribution in [3.63, 3.8) is 0 Å². The molecule has 1 saturated heterocycles. The van der Waals surface area contributed by atoms with E-state index in [1.807, 2.05) is 44.2 Å². The number of rotatable bonds is 2. The minimum absolute atomic E-state index is 0.203. The average molecular weight is 309 g/mol. The van der Waals surface area contributed by atoms with Gasteiger partial charge < -0.3 is 9.32 Å². The molecule has 2 aromatic rings. The first-order valence-corrected chi connectivity index (χ1v) is 7.74. The van der Waals surface area contributed by atoms with E-state index < -0.39 is 6.04 Å². The van der Waals surface area contributed by atoms with Gasteiger partial charge in [-0.2, -0.15) is 5.26 Å². The van der Waals surface area contributed by atoms with Crippen LogP contribution in [-0.2, 0) is 0 Å². The Bertz CT molecular complexity index is 743. The molecule has 1 aromatic carbocycles. The zero-order valence-corrected chi connectivity index (χ0v) is 13.3. The van der Waals surface area contributed by atoms with Gasteiger partial charge in [-0.25, -0.2) is 4.98 Å². The summed E-state index contributed by atoms with van der Waals surface area (Å²) in [6, 6.07) is 11.3. The van der Waals surface area contributed by atoms with Gasteiger partial charge in [-0.05, 0) is 18.3 Å². The summed E-state index contributed by atoms with van der Waals surface area (Å²) in [5.74, 6) is -0.0603. The Morgan fingerprint density at radius 2 is 2.13 bits per heavy atom. The lowest BCUT2D eigenvalue weighted by molar-refractivity contribution is 0.0410. The van der Waals surface area contributed by atoms with Crippen molar-refractivity contribution >= 4 is 5.91 Å². The number of carbonyl (C=O) groups excluding carboxylic acids is 1. The highest BCUT2D eigenvalue weighted by atomic mass is 16.3. The van der Waals surface area contributed by atoms with E-state index in [0.29, 0.717) is 12.2 Å². The van der Waals surface area contributed by atoms with Gasteiger partial charge in [0.15, 0.2) is 6.39 Å². The molecule has 1 amide bonds. The molecule has 2 heterocycles. The number of likely N-dealkylation sites (tertiary alicyclic amines) is 1. The van der Waals surface area contributed by atoms with Gasteiger partial charge in [0.2, 0.25) is 5.76 Å². The molecule has 118 valence electrons. The van der Waals surface area contributed by atoms with E-state index in [2.05, 4.69) is 11.1 Å². The van der Waals surface area contributed by atoms with E-state index in [-0.39, 0.29) is 17.1 Å². The smallest absolute Gasteiger partial charge is 0.293 e. The highest BCUT2D eigenvalue weighted by Crippen LogP contribution is 2.36. The Morgan fingerprint density at radius 3 is 2.83 bits per heavy atom. The summed E-state index contributed by atoms with van der Waals surface area (Å²) in [7, 11) is 0. The fourth-order valence-electron chi connectivity index (χ4n) is 3.19. The Labute approximate surface area is 135 Å². The monoisotopic (exact) mass is 309 g/mol. The maximum absolute atomic E-state index is 13.0. The fraction of sp³-hybridized carbons (Fsp3) is 0.389. The van der Waals surface area contributed by atoms with Crippen molar-refractivity contribution in [1.82, 2.24) is 9.88 Å². The number of nitriles is 1. The molecule has 0 saturated carbocycles. The first-order chi connectivity index (χ1) is 11.0. The van der Waals surface area contributed by atoms with Crippen molar-refractivity contribution in [3.05, 3.63) is 42.5 Å². The van der Waals surface area contributed by atoms with Gasteiger partial charge in [0.05, 0.1) is 6.07 Å². The molecule has 3 rings (SSSR count). The van der Waals surface area contributed by atoms with Crippen molar-refractivity contribution < 1.29 is 9.21 Å². The van der Waals surface area contributed by atoms with Crippen LogP contribution in [0, 0.1) is 16.7 Å². The number of amides is 1. The second kappa shape index (κ2) is 5.88. The maximum atomic E-state index is 13.0. The number of hydrogen-bond acceptors (Lipinski definition) is 4. The summed E-state index contributed by atoms with van der Waals surface area (Å²) in [5.41, 5.74) is 1.13. The van der Waals surface area contributed by atoms with Crippen LogP contribution >= 0.6 is 0 Å². The second-order valence-corrected chi connectivity index (χ2v) is 6.52. The van der Waals surface area contributed by atoms with Crippen LogP contribution in [-0.4, -0.2) is 28.4 Å². The van der Waals surface area contributed by atoms with Crippen LogP contribution in [0.3, 0.4) is 0 Å². The van der Waals surface area contributed by atoms with E-state index in [9.17, 15) is 10.1 Å². The molecule has 1 fully saturated rings. The summed E-state index contributed by atoms with van der Waals surface area (Å²) >= 11 is 0. The molecule has 1 unspecified atom stereocenters. The van der Waals surface area contributed by atoms with Crippen molar-refractivity contribution in [2.24, 2.45) is 5.41 Å². The molecular weight excluding hydrogens is 290 g/mol. The van der Waals surface area contributed by atoms with Gasteiger partial charge in [-0.15, -0.1) is 0 Å². The molecule has 0 aliphatic carbocycles. The third kappa shape index (κ3) is 2.72. The van der Waals surface area contributed by atoms with Crippen molar-refractivity contribution in [2.45, 2.75) is 32.7 Å². The van der Waals surface area contributed by atoms with Gasteiger partial charge in [0.25, 0.3) is 5.91 Å². The largest absolute Gasteiger partial charge is 0.438 e. The molecule has 1 aliphatic rings. The molecule has 1 atom stereocenters. The maximum Gasteiger partial charge on any atom is 0.293 e. The number of hydrogen-bond donors (Lipinski definition) is 0. The lowest BCUT2D eigenvalue weighted by Gasteiger charge is -2.42. The number of carbonyl (C=O) groups is 1. The van der Waals surface area contributed by atoms with Crippen molar-refractivity contribution in [3.8, 4) is 17.3 Å². The lowest BCUT2D eigenvalue weighted by Crippen LogP contribution is -2.51. The number of oxazole rings is 1. The van der Waals surface area contributed by atoms with E-state index >= 15 is 0 Å². The molecular formula is C18H19N3O2. The first-order valence-electron chi connectivity index (χ1n) is 7.74. The Hall–Kier alpha value is -2.61. The van der Waals surface area contributed by atoms with Crippen LogP contribution in [0.2, 0.25) is 0 Å². The molecule has 0 spiro atoms. The summed E-state index contributed by atoms with van der Waals surface area (Å²) in [4.78, 5) is 18.8. The zero-order valence-electron chi connectivity index (χ0n) is 13.3. The second-order valence-electron chi connectivity index (χ2n) is 6.52. The van der Waals surface area contributed by atoms with E-state index in [1.54, 1.807) is 4.90 Å². The minimum atomic E-state index is -0.461. The minimum Gasteiger partial charge on any atom is -0.438 e. The van der Waals surface area contributed by atoms with Gasteiger partial charge in [0.1, 0.15) is 11.7 Å². The van der Waals surface area contributed by atoms with Gasteiger partial charge in [-0.1, -0.05) is 44.2 Å². The highest BCUT2D eigenvalue weighted by Gasteiger charge is 2.41. The normalized spacial score (nSPS) is 20.0. The van der Waals surface area contributed by atoms with E-state index in [1.165, 1.54) is 6.39 Å². The standard InChI is InChI=1S/C18H19N3O2/c1-18(2)9-6-10-21(14(18)11-19)17(22)16-15(20-12-23-16)13-7-4-3-5-8-13/h3-5,7-8,12,14H,6,9-10H2,1-2H3. The van der Waals surface area contributed by atoms with E-state index in [4.69, 9.17) is 4.42 Å². The topological polar surface area (TPSA) is 70.1 Å². The summed E-state index contributed by atoms with van der Waals surface area (Å²) in [6.07, 6.45) is 3.09. The Kier molecular flexibility index (Phi) is 3.91. The number of piperidine rings is 1. The summed E-state index contributed by atoms with van der Waals surface area (Å²) in [5, 5.41) is 9.54. The Morgan fingerprint density at radius 1 is 1.39 bits per heavy atom. The van der Waals surface area contributed by atoms with Crippen molar-refractivity contribution in [2.75, 3.05) is 6.54 Å². The molecule has 1 aliphatic heterocycles. The lowest BCUT2D eigenvalue weighted by atomic mass is 9.77. The molecule has 5 nitrogen and oxygen atoms in total. The third-order valence-corrected chi connectivity index (χ3v) is 4.46. The molecule has 0 bridgehead atoms. The predicted octanol–water partition coefficient (Wildman–Crippen LogP) is 3.50. The fourth-order valence-corrected chi connectivity index (χ4v) is 3.19. The number of aromatic nitrogens is 1. The first kappa shape index (κ1) is 15.3. The molecule has 5 heteroatoms. The van der Waals surface area contributed by atoms with Crippen molar-refractivity contribution in [1.29, 1.82) is 5.26 Å². The van der Waals surface area contributed by atoms with E-state index in [0.717, 1.165) is 18.4 Å². The molecule has 1 aromatic heterocycles. The zero-order chi connectivity index (χ0) is 16.4. The quantitative estimate of drug-likeness (QED) is 0.851. The molecule has 23 heavy (non-hydrogen) atoms. The summed E-state index contributed by atoms with van der Waals surface area (Å²) < 4.78 is 5.38. The van der Waals surface area contributed by atoms with Crippen LogP contribution in [0.5, 0.6) is 0 Å². The number of nitrogens with zero attached hydrogens (tertiary/aromatic N) is 3. The van der Waals surface area contributed by atoms with Crippen LogP contribution in [0.4, 0.5) is 0 Å². The van der Waals surface area contributed by atoms with Crippen LogP contribution < -0.4 is 0 Å². The molecule has 0 N–H and O–H groups in total. The predicted molar refractivity (Wildman–Crippen MR) is 85.4 cm³/mol. The van der Waals surface area contributed by atoms with Crippen LogP contribution in [0.25, 0.3) is 11.3 Å². The highest BCUT2D eigenvalue weighted by molar-refractivity contribution is 5.97. The molecule has 0 radical (unpaired) electrons. The summed E-state index contributed by atoms with van der Waals surface area (Å²) in [6.45, 7) is 4.62. The van der Waals surface area contributed by atoms with Gasteiger partial charge >= 0.3 is 0 Å². The van der Waals surface area contributed by atoms with Gasteiger partial charge in [-0.3, -0.25) is 4.79 Å². The Balaban J connectivity index is 1.96. The number of benzene rings is 1.